The number of benzene rings is 14. The van der Waals surface area contributed by atoms with Crippen LogP contribution >= 0.6 is 0 Å². The van der Waals surface area contributed by atoms with Crippen molar-refractivity contribution in [2.24, 2.45) is 0 Å². The van der Waals surface area contributed by atoms with Crippen LogP contribution in [0.2, 0.25) is 0 Å². The molecule has 94 heavy (non-hydrogen) atoms. The van der Waals surface area contributed by atoms with Crippen molar-refractivity contribution in [3.63, 3.8) is 0 Å². The Bertz CT molecular complexity index is 6160. The molecule has 0 amide bonds. The predicted octanol–water partition coefficient (Wildman–Crippen LogP) is 22.8. The molecule has 0 bridgehead atoms. The average molecular weight is 1210 g/mol. The standard InChI is InChI=1S/C85H49F2N7/c1-88-71-50-84(93-80-38-34-54(89-72-26-10-2-18-58(72)59-19-3-11-27-73(59)89)45-67(80)68-46-55(35-39-81(68)93)90-74-28-12-4-20-60(74)61-21-5-13-29-75(61)90)66(51-42-52(86)44-53(87)43-51)49-85(71)94-82-40-36-56(91-76-30-14-6-22-62(76)63-23-7-15-31-77(63)91)47-69(82)70-48-57(37-41-83(70)94)92-78-32-16-8-24-64(78)65-25-9-17-33-79(65)92/h2-50H. The number of rotatable bonds is 7. The van der Waals surface area contributed by atoms with Crippen LogP contribution in [0, 0.1) is 18.2 Å². The lowest BCUT2D eigenvalue weighted by molar-refractivity contribution is 0.584. The minimum absolute atomic E-state index is 0.326. The Morgan fingerprint density at radius 2 is 0.468 bits per heavy atom. The predicted molar refractivity (Wildman–Crippen MR) is 384 cm³/mol. The Hall–Kier alpha value is -12.8. The van der Waals surface area contributed by atoms with Gasteiger partial charge in [-0.05, 0) is 151 Å². The van der Waals surface area contributed by atoms with E-state index in [9.17, 15) is 6.57 Å². The maximum Gasteiger partial charge on any atom is 0.212 e. The van der Waals surface area contributed by atoms with Crippen LogP contribution in [0.25, 0.3) is 181 Å². The molecule has 0 unspecified atom stereocenters. The lowest BCUT2D eigenvalue weighted by Crippen LogP contribution is -2.02. The Kier molecular flexibility index (Phi) is 10.9. The quantitative estimate of drug-likeness (QED) is 0.143. The molecule has 0 saturated heterocycles. The topological polar surface area (TPSA) is 33.9 Å². The van der Waals surface area contributed by atoms with Crippen molar-refractivity contribution in [1.29, 1.82) is 0 Å². The average Bonchev–Trinajstić information content (AvgIpc) is 1.55. The molecular formula is C85H49F2N7. The van der Waals surface area contributed by atoms with Gasteiger partial charge in [-0.15, -0.1) is 0 Å². The third kappa shape index (κ3) is 7.33. The number of halogens is 2. The first-order valence-electron chi connectivity index (χ1n) is 31.6. The van der Waals surface area contributed by atoms with Crippen molar-refractivity contribution in [3.8, 4) is 45.3 Å². The largest absolute Gasteiger partial charge is 0.319 e. The van der Waals surface area contributed by atoms with E-state index in [0.717, 1.165) is 160 Å². The van der Waals surface area contributed by atoms with Crippen LogP contribution in [0.15, 0.2) is 297 Å². The fourth-order valence-electron chi connectivity index (χ4n) is 15.8. The van der Waals surface area contributed by atoms with E-state index in [1.54, 1.807) is 0 Å². The van der Waals surface area contributed by atoms with Gasteiger partial charge in [0.1, 0.15) is 11.6 Å². The summed E-state index contributed by atoms with van der Waals surface area (Å²) in [4.78, 5) is 4.46. The number of para-hydroxylation sites is 8. The molecule has 9 heteroatoms. The summed E-state index contributed by atoms with van der Waals surface area (Å²) in [5.74, 6) is -1.42. The van der Waals surface area contributed by atoms with Crippen LogP contribution in [-0.4, -0.2) is 27.4 Å². The van der Waals surface area contributed by atoms with Crippen LogP contribution in [0.4, 0.5) is 14.5 Å². The summed E-state index contributed by atoms with van der Waals surface area (Å²) in [6.45, 7) is 9.31. The smallest absolute Gasteiger partial charge is 0.212 e. The van der Waals surface area contributed by atoms with Gasteiger partial charge in [0, 0.05) is 105 Å². The van der Waals surface area contributed by atoms with Crippen molar-refractivity contribution >= 4 is 137 Å². The summed E-state index contributed by atoms with van der Waals surface area (Å²) in [6, 6.07) is 102. The molecule has 0 spiro atoms. The lowest BCUT2D eigenvalue weighted by atomic mass is 10.0. The molecule has 20 rings (SSSR count). The van der Waals surface area contributed by atoms with Crippen LogP contribution in [0.3, 0.4) is 0 Å². The minimum Gasteiger partial charge on any atom is -0.319 e. The fourth-order valence-corrected chi connectivity index (χ4v) is 15.8. The Labute approximate surface area is 535 Å². The zero-order valence-electron chi connectivity index (χ0n) is 50.2. The van der Waals surface area contributed by atoms with Crippen molar-refractivity contribution in [2.45, 2.75) is 0 Å². The van der Waals surface area contributed by atoms with Gasteiger partial charge in [0.25, 0.3) is 0 Å². The highest BCUT2D eigenvalue weighted by Crippen LogP contribution is 2.47. The maximum absolute atomic E-state index is 16.2. The van der Waals surface area contributed by atoms with E-state index in [1.165, 1.54) is 12.1 Å². The molecule has 6 aromatic heterocycles. The summed E-state index contributed by atoms with van der Waals surface area (Å²) in [5, 5.41) is 13.1. The normalized spacial score (nSPS) is 12.1. The van der Waals surface area contributed by atoms with Crippen LogP contribution < -0.4 is 0 Å². The van der Waals surface area contributed by atoms with Gasteiger partial charge >= 0.3 is 0 Å². The number of nitrogens with zero attached hydrogens (tertiary/aromatic N) is 7. The molecule has 438 valence electrons. The van der Waals surface area contributed by atoms with Crippen molar-refractivity contribution in [3.05, 3.63) is 320 Å². The highest BCUT2D eigenvalue weighted by molar-refractivity contribution is 6.17. The summed E-state index contributed by atoms with van der Waals surface area (Å²) < 4.78 is 46.1. The molecule has 7 nitrogen and oxygen atoms in total. The van der Waals surface area contributed by atoms with Crippen LogP contribution in [-0.2, 0) is 0 Å². The van der Waals surface area contributed by atoms with Gasteiger partial charge in [-0.25, -0.2) is 13.6 Å². The van der Waals surface area contributed by atoms with Gasteiger partial charge in [0.2, 0.25) is 5.69 Å². The minimum atomic E-state index is -0.711. The fraction of sp³-hybridized carbons (Fsp3) is 0. The van der Waals surface area contributed by atoms with Gasteiger partial charge in [-0.1, -0.05) is 146 Å². The molecular weight excluding hydrogens is 1160 g/mol. The second kappa shape index (κ2) is 19.6. The Morgan fingerprint density at radius 1 is 0.223 bits per heavy atom. The van der Waals surface area contributed by atoms with Crippen LogP contribution in [0.5, 0.6) is 0 Å². The maximum atomic E-state index is 16.2. The highest BCUT2D eigenvalue weighted by Gasteiger charge is 2.26. The molecule has 0 aliphatic rings. The monoisotopic (exact) mass is 1210 g/mol. The summed E-state index contributed by atoms with van der Waals surface area (Å²) >= 11 is 0. The molecule has 6 heterocycles. The van der Waals surface area contributed by atoms with Crippen molar-refractivity contribution in [2.75, 3.05) is 0 Å². The number of hydrogen-bond donors (Lipinski definition) is 0. The molecule has 0 aliphatic carbocycles. The molecule has 0 radical (unpaired) electrons. The van der Waals surface area contributed by atoms with E-state index in [1.807, 2.05) is 12.1 Å². The first-order valence-corrected chi connectivity index (χ1v) is 31.6. The van der Waals surface area contributed by atoms with E-state index in [2.05, 4.69) is 299 Å². The summed E-state index contributed by atoms with van der Waals surface area (Å²) in [7, 11) is 0. The number of hydrogen-bond acceptors (Lipinski definition) is 0. The highest BCUT2D eigenvalue weighted by atomic mass is 19.1. The van der Waals surface area contributed by atoms with Crippen LogP contribution in [0.1, 0.15) is 0 Å². The third-order valence-corrected chi connectivity index (χ3v) is 19.7. The van der Waals surface area contributed by atoms with Gasteiger partial charge in [-0.3, -0.25) is 0 Å². The van der Waals surface area contributed by atoms with E-state index in [0.29, 0.717) is 28.2 Å². The zero-order chi connectivity index (χ0) is 62.0. The number of aromatic nitrogens is 6. The molecule has 0 saturated carbocycles. The molecule has 14 aromatic carbocycles. The summed E-state index contributed by atoms with van der Waals surface area (Å²) in [6.07, 6.45) is 0. The second-order valence-electron chi connectivity index (χ2n) is 24.6. The van der Waals surface area contributed by atoms with Gasteiger partial charge < -0.3 is 27.4 Å². The SMILES string of the molecule is [C-]#[N+]c1cc(-n2c3ccc(-n4c5ccccc5c5ccccc54)cc3c3cc(-n4c5ccccc5c5ccccc54)ccc32)c(-c2cc(F)cc(F)c2)cc1-n1c2ccc(-n3c4ccccc4c4ccccc43)cc2c2cc(-n3c4ccccc4c4ccccc43)ccc21. The molecule has 20 aromatic rings. The molecule has 0 aliphatic heterocycles. The van der Waals surface area contributed by atoms with Gasteiger partial charge in [0.15, 0.2) is 0 Å². The van der Waals surface area contributed by atoms with E-state index in [-0.39, 0.29) is 0 Å². The number of fused-ring (bicyclic) bond motifs is 18. The van der Waals surface area contributed by atoms with Crippen molar-refractivity contribution < 1.29 is 8.78 Å². The van der Waals surface area contributed by atoms with Gasteiger partial charge in [-0.2, -0.15) is 0 Å². The van der Waals surface area contributed by atoms with Gasteiger partial charge in [0.05, 0.1) is 78.5 Å². The first kappa shape index (κ1) is 52.0. The van der Waals surface area contributed by atoms with E-state index < -0.39 is 11.6 Å². The van der Waals surface area contributed by atoms with E-state index in [4.69, 9.17) is 0 Å². The molecule has 0 fully saturated rings. The molecule has 0 N–H and O–H groups in total. The zero-order valence-corrected chi connectivity index (χ0v) is 50.2. The summed E-state index contributed by atoms with van der Waals surface area (Å²) in [5.41, 5.74) is 18.4. The third-order valence-electron chi connectivity index (χ3n) is 19.7. The first-order chi connectivity index (χ1) is 46.4. The Balaban J connectivity index is 0.874. The molecule has 0 atom stereocenters. The Morgan fingerprint density at radius 3 is 0.734 bits per heavy atom. The second-order valence-corrected chi connectivity index (χ2v) is 24.6. The van der Waals surface area contributed by atoms with E-state index >= 15 is 8.78 Å². The lowest BCUT2D eigenvalue weighted by Gasteiger charge is -2.19. The van der Waals surface area contributed by atoms with Crippen molar-refractivity contribution in [1.82, 2.24) is 27.4 Å².